The zero-order chi connectivity index (χ0) is 15.9. The van der Waals surface area contributed by atoms with Crippen molar-refractivity contribution in [1.29, 1.82) is 0 Å². The minimum Gasteiger partial charge on any atom is -0.361 e. The molecule has 1 fully saturated rings. The lowest BCUT2D eigenvalue weighted by atomic mass is 10.1. The molecule has 1 aliphatic heterocycles. The molecule has 1 unspecified atom stereocenters. The second-order valence-electron chi connectivity index (χ2n) is 6.03. The summed E-state index contributed by atoms with van der Waals surface area (Å²) in [7, 11) is 4.02. The van der Waals surface area contributed by atoms with Gasteiger partial charge in [0.15, 0.2) is 0 Å². The van der Waals surface area contributed by atoms with Crippen LogP contribution in [0.4, 0.5) is 0 Å². The minimum atomic E-state index is 0.193. The zero-order valence-electron chi connectivity index (χ0n) is 13.3. The minimum absolute atomic E-state index is 0.193. The average molecular weight is 349 g/mol. The first-order valence-electron chi connectivity index (χ1n) is 8.43. The van der Waals surface area contributed by atoms with Crippen LogP contribution in [0.5, 0.6) is 0 Å². The van der Waals surface area contributed by atoms with E-state index in [1.165, 1.54) is 36.0 Å². The molecule has 23 heavy (non-hydrogen) atoms. The van der Waals surface area contributed by atoms with Crippen LogP contribution in [0.3, 0.4) is 0 Å². The van der Waals surface area contributed by atoms with Gasteiger partial charge in [-0.25, -0.2) is 0 Å². The monoisotopic (exact) mass is 348 g/mol. The summed E-state index contributed by atoms with van der Waals surface area (Å²) >= 11 is 0. The molecule has 3 nitrogen and oxygen atoms in total. The Morgan fingerprint density at radius 1 is 1.30 bits per heavy atom. The first kappa shape index (κ1) is 16.8. The Hall–Kier alpha value is -1.07. The van der Waals surface area contributed by atoms with E-state index in [1.807, 2.05) is 33.9 Å². The molecule has 0 saturated carbocycles. The third-order valence-electron chi connectivity index (χ3n) is 4.30. The van der Waals surface area contributed by atoms with Crippen LogP contribution in [0, 0.1) is 0 Å². The number of benzene rings is 1. The summed E-state index contributed by atoms with van der Waals surface area (Å²) in [5.41, 5.74) is 2.44. The molecule has 2 N–H and O–H groups in total. The highest BCUT2D eigenvalue weighted by Gasteiger charge is 2.15. The summed E-state index contributed by atoms with van der Waals surface area (Å²) in [6.07, 6.45) is 8.39. The Labute approximate surface area is 145 Å². The molecule has 3 rings (SSSR count). The molecular formula is C18H24N2OS2. The van der Waals surface area contributed by atoms with Crippen molar-refractivity contribution in [2.45, 2.75) is 43.8 Å². The Balaban J connectivity index is 1.31. The highest BCUT2D eigenvalue weighted by molar-refractivity contribution is 8.77. The molecule has 0 aliphatic carbocycles. The number of unbranched alkanes of at least 4 members (excludes halogenated alkanes) is 1. The molecular weight excluding hydrogens is 324 g/mol. The Morgan fingerprint density at radius 3 is 3.09 bits per heavy atom. The lowest BCUT2D eigenvalue weighted by Gasteiger charge is -2.07. The number of aromatic nitrogens is 1. The van der Waals surface area contributed by atoms with Crippen LogP contribution >= 0.6 is 21.6 Å². The predicted octanol–water partition coefficient (Wildman–Crippen LogP) is 4.54. The first-order valence-corrected chi connectivity index (χ1v) is 10.8. The SMILES string of the molecule is O=C(CCCCC1CCSS1)NCCc1c[nH]c2ccccc12. The summed E-state index contributed by atoms with van der Waals surface area (Å²) in [4.78, 5) is 15.2. The van der Waals surface area contributed by atoms with Crippen molar-refractivity contribution < 1.29 is 4.79 Å². The quantitative estimate of drug-likeness (QED) is 0.544. The fraction of sp³-hybridized carbons (Fsp3) is 0.500. The van der Waals surface area contributed by atoms with Gasteiger partial charge in [0.1, 0.15) is 0 Å². The van der Waals surface area contributed by atoms with Gasteiger partial charge in [-0.15, -0.1) is 0 Å². The fourth-order valence-electron chi connectivity index (χ4n) is 2.99. The number of para-hydroxylation sites is 1. The molecule has 0 radical (unpaired) electrons. The van der Waals surface area contributed by atoms with Crippen LogP contribution in [0.25, 0.3) is 10.9 Å². The van der Waals surface area contributed by atoms with E-state index < -0.39 is 0 Å². The molecule has 124 valence electrons. The fourth-order valence-corrected chi connectivity index (χ4v) is 6.01. The molecule has 0 bridgehead atoms. The van der Waals surface area contributed by atoms with Crippen molar-refractivity contribution in [2.75, 3.05) is 12.3 Å². The molecule has 5 heteroatoms. The molecule has 1 aromatic heterocycles. The maximum Gasteiger partial charge on any atom is 0.220 e. The van der Waals surface area contributed by atoms with Crippen molar-refractivity contribution in [3.63, 3.8) is 0 Å². The smallest absolute Gasteiger partial charge is 0.220 e. The van der Waals surface area contributed by atoms with E-state index in [-0.39, 0.29) is 5.91 Å². The van der Waals surface area contributed by atoms with E-state index in [9.17, 15) is 4.79 Å². The number of rotatable bonds is 8. The molecule has 1 aromatic carbocycles. The van der Waals surface area contributed by atoms with Gasteiger partial charge in [0.05, 0.1) is 0 Å². The van der Waals surface area contributed by atoms with Gasteiger partial charge in [-0.05, 0) is 37.3 Å². The lowest BCUT2D eigenvalue weighted by molar-refractivity contribution is -0.121. The van der Waals surface area contributed by atoms with Crippen LogP contribution in [0.1, 0.15) is 37.7 Å². The number of H-pyrrole nitrogens is 1. The van der Waals surface area contributed by atoms with Crippen molar-refractivity contribution in [1.82, 2.24) is 10.3 Å². The van der Waals surface area contributed by atoms with Crippen molar-refractivity contribution in [3.8, 4) is 0 Å². The third kappa shape index (κ3) is 4.95. The van der Waals surface area contributed by atoms with Gasteiger partial charge in [0, 0.05) is 41.1 Å². The second-order valence-corrected chi connectivity index (χ2v) is 8.82. The standard InChI is InChI=1S/C18H24N2OS2/c21-18(8-4-1-5-15-10-12-22-23-15)19-11-9-14-13-20-17-7-3-2-6-16(14)17/h2-3,6-7,13,15,20H,1,4-5,8-12H2,(H,19,21). The Kier molecular flexibility index (Phi) is 6.34. The number of nitrogens with one attached hydrogen (secondary N) is 2. The van der Waals surface area contributed by atoms with Gasteiger partial charge < -0.3 is 10.3 Å². The first-order chi connectivity index (χ1) is 11.3. The third-order valence-corrected chi connectivity index (χ3v) is 7.31. The van der Waals surface area contributed by atoms with E-state index in [1.54, 1.807) is 0 Å². The number of hydrogen-bond acceptors (Lipinski definition) is 3. The summed E-state index contributed by atoms with van der Waals surface area (Å²) in [5, 5.41) is 5.13. The number of fused-ring (bicyclic) bond motifs is 1. The van der Waals surface area contributed by atoms with E-state index in [0.29, 0.717) is 6.42 Å². The van der Waals surface area contributed by atoms with Gasteiger partial charge in [-0.2, -0.15) is 0 Å². The molecule has 0 spiro atoms. The highest BCUT2D eigenvalue weighted by Crippen LogP contribution is 2.39. The van der Waals surface area contributed by atoms with E-state index in [2.05, 4.69) is 28.5 Å². The van der Waals surface area contributed by atoms with Crippen molar-refractivity contribution in [2.24, 2.45) is 0 Å². The summed E-state index contributed by atoms with van der Waals surface area (Å²) in [5.74, 6) is 1.49. The Morgan fingerprint density at radius 2 is 2.22 bits per heavy atom. The summed E-state index contributed by atoms with van der Waals surface area (Å²) in [6.45, 7) is 0.718. The molecule has 2 aromatic rings. The van der Waals surface area contributed by atoms with E-state index >= 15 is 0 Å². The number of carbonyl (C=O) groups is 1. The van der Waals surface area contributed by atoms with Crippen molar-refractivity contribution >= 4 is 38.4 Å². The predicted molar refractivity (Wildman–Crippen MR) is 102 cm³/mol. The van der Waals surface area contributed by atoms with Crippen LogP contribution in [0.15, 0.2) is 30.5 Å². The van der Waals surface area contributed by atoms with Gasteiger partial charge in [0.2, 0.25) is 5.91 Å². The van der Waals surface area contributed by atoms with Crippen LogP contribution < -0.4 is 5.32 Å². The zero-order valence-corrected chi connectivity index (χ0v) is 15.0. The van der Waals surface area contributed by atoms with E-state index in [0.717, 1.165) is 30.2 Å². The molecule has 1 amide bonds. The van der Waals surface area contributed by atoms with Crippen LogP contribution in [-0.2, 0) is 11.2 Å². The maximum absolute atomic E-state index is 11.9. The van der Waals surface area contributed by atoms with Crippen LogP contribution in [-0.4, -0.2) is 28.4 Å². The molecule has 1 atom stereocenters. The largest absolute Gasteiger partial charge is 0.361 e. The normalized spacial score (nSPS) is 17.7. The van der Waals surface area contributed by atoms with Crippen molar-refractivity contribution in [3.05, 3.63) is 36.0 Å². The molecule has 1 aliphatic rings. The second kappa shape index (κ2) is 8.69. The number of aromatic amines is 1. The van der Waals surface area contributed by atoms with Gasteiger partial charge in [-0.3, -0.25) is 4.79 Å². The molecule has 1 saturated heterocycles. The Bertz CT molecular complexity index is 635. The van der Waals surface area contributed by atoms with Crippen LogP contribution in [0.2, 0.25) is 0 Å². The number of amides is 1. The van der Waals surface area contributed by atoms with Gasteiger partial charge in [-0.1, -0.05) is 46.2 Å². The number of carbonyl (C=O) groups excluding carboxylic acids is 1. The average Bonchev–Trinajstić information content (AvgIpc) is 3.22. The summed E-state index contributed by atoms with van der Waals surface area (Å²) in [6, 6.07) is 8.30. The van der Waals surface area contributed by atoms with Gasteiger partial charge >= 0.3 is 0 Å². The van der Waals surface area contributed by atoms with E-state index in [4.69, 9.17) is 0 Å². The molecule has 2 heterocycles. The van der Waals surface area contributed by atoms with Gasteiger partial charge in [0.25, 0.3) is 0 Å². The lowest BCUT2D eigenvalue weighted by Crippen LogP contribution is -2.25. The highest BCUT2D eigenvalue weighted by atomic mass is 33.1. The maximum atomic E-state index is 11.9. The number of hydrogen-bond donors (Lipinski definition) is 2. The topological polar surface area (TPSA) is 44.9 Å². The summed E-state index contributed by atoms with van der Waals surface area (Å²) < 4.78 is 0.